The maximum Gasteiger partial charge on any atom is 0.337 e. The van der Waals surface area contributed by atoms with Gasteiger partial charge in [0.25, 0.3) is 5.91 Å². The first-order valence-electron chi connectivity index (χ1n) is 10.5. The second-order valence-corrected chi connectivity index (χ2v) is 8.22. The van der Waals surface area contributed by atoms with Gasteiger partial charge >= 0.3 is 11.9 Å². The van der Waals surface area contributed by atoms with Gasteiger partial charge in [0.05, 0.1) is 43.5 Å². The highest BCUT2D eigenvalue weighted by Crippen LogP contribution is 2.27. The van der Waals surface area contributed by atoms with Gasteiger partial charge in [0, 0.05) is 28.7 Å². The molecule has 4 rings (SSSR count). The van der Waals surface area contributed by atoms with Crippen LogP contribution in [0.4, 0.5) is 5.69 Å². The Morgan fingerprint density at radius 3 is 2.41 bits per heavy atom. The molecular formula is C24H22ClN3O6. The van der Waals surface area contributed by atoms with Gasteiger partial charge in [0.1, 0.15) is 0 Å². The van der Waals surface area contributed by atoms with Gasteiger partial charge in [-0.2, -0.15) is 0 Å². The monoisotopic (exact) mass is 483 g/mol. The Hall–Kier alpha value is -3.69. The highest BCUT2D eigenvalue weighted by Gasteiger charge is 2.39. The van der Waals surface area contributed by atoms with Crippen LogP contribution in [-0.2, 0) is 25.5 Å². The van der Waals surface area contributed by atoms with E-state index in [0.29, 0.717) is 18.0 Å². The number of nitrogens with one attached hydrogen (secondary N) is 2. The average molecular weight is 484 g/mol. The largest absolute Gasteiger partial charge is 0.465 e. The van der Waals surface area contributed by atoms with Gasteiger partial charge in [-0.05, 0) is 48.4 Å². The van der Waals surface area contributed by atoms with Crippen LogP contribution >= 0.6 is 11.6 Å². The number of nitrogens with zero attached hydrogens (tertiary/aromatic N) is 1. The van der Waals surface area contributed by atoms with Crippen molar-refractivity contribution in [2.75, 3.05) is 25.7 Å². The first kappa shape index (κ1) is 23.5. The number of carbonyl (C=O) groups is 4. The third kappa shape index (κ3) is 4.52. The van der Waals surface area contributed by atoms with Crippen molar-refractivity contribution in [3.63, 3.8) is 0 Å². The summed E-state index contributed by atoms with van der Waals surface area (Å²) in [7, 11) is 2.39. The third-order valence-electron chi connectivity index (χ3n) is 5.68. The number of hydrogen-bond donors (Lipinski definition) is 2. The molecule has 0 aliphatic carbocycles. The zero-order chi connectivity index (χ0) is 24.4. The lowest BCUT2D eigenvalue weighted by molar-refractivity contribution is -0.121. The first-order chi connectivity index (χ1) is 16.3. The number of esters is 2. The van der Waals surface area contributed by atoms with Crippen LogP contribution in [0.2, 0.25) is 5.02 Å². The molecule has 2 heterocycles. The number of rotatable bonds is 7. The molecule has 2 amide bonds. The molecule has 1 saturated heterocycles. The van der Waals surface area contributed by atoms with E-state index in [0.717, 1.165) is 21.4 Å². The normalized spacial score (nSPS) is 15.7. The number of fused-ring (bicyclic) bond motifs is 1. The molecule has 1 aliphatic heterocycles. The maximum absolute atomic E-state index is 13.1. The molecule has 1 atom stereocenters. The van der Waals surface area contributed by atoms with Gasteiger partial charge in [0.2, 0.25) is 5.91 Å². The summed E-state index contributed by atoms with van der Waals surface area (Å²) in [6, 6.07) is 8.82. The lowest BCUT2D eigenvalue weighted by atomic mass is 10.1. The van der Waals surface area contributed by atoms with E-state index in [1.165, 1.54) is 32.4 Å². The Balaban J connectivity index is 1.50. The highest BCUT2D eigenvalue weighted by molar-refractivity contribution is 6.31. The van der Waals surface area contributed by atoms with E-state index >= 15 is 0 Å². The highest BCUT2D eigenvalue weighted by atomic mass is 35.5. The molecule has 3 aromatic rings. The molecule has 0 unspecified atom stereocenters. The fourth-order valence-electron chi connectivity index (χ4n) is 4.01. The van der Waals surface area contributed by atoms with Crippen molar-refractivity contribution in [2.45, 2.75) is 18.9 Å². The second-order valence-electron chi connectivity index (χ2n) is 7.78. The Labute approximate surface area is 200 Å². The van der Waals surface area contributed by atoms with E-state index in [2.05, 4.69) is 10.3 Å². The molecule has 176 valence electrons. The number of aromatic nitrogens is 1. The summed E-state index contributed by atoms with van der Waals surface area (Å²) in [5.74, 6) is -2.33. The standard InChI is InChI=1S/C24H22ClN3O6/c1-33-23(31)14-7-15(24(32)34-2)9-17(8-14)28-21(29)11-20(22(28)30)26-6-5-13-12-27-19-4-3-16(25)10-18(13)19/h3-4,7-10,12,20,26-27H,5-6,11H2,1-2H3/t20-/m0/s1. The van der Waals surface area contributed by atoms with Crippen LogP contribution in [0.5, 0.6) is 0 Å². The SMILES string of the molecule is COC(=O)c1cc(C(=O)OC)cc(N2C(=O)C[C@H](NCCc3c[nH]c4ccc(Cl)cc34)C2=O)c1. The van der Waals surface area contributed by atoms with Crippen LogP contribution in [0, 0.1) is 0 Å². The summed E-state index contributed by atoms with van der Waals surface area (Å²) in [5.41, 5.74) is 2.15. The quantitative estimate of drug-likeness (QED) is 0.392. The molecular weight excluding hydrogens is 462 g/mol. The first-order valence-corrected chi connectivity index (χ1v) is 10.9. The van der Waals surface area contributed by atoms with E-state index in [1.54, 1.807) is 6.07 Å². The Morgan fingerprint density at radius 2 is 1.76 bits per heavy atom. The number of methoxy groups -OCH3 is 2. The van der Waals surface area contributed by atoms with Gasteiger partial charge in [-0.1, -0.05) is 11.6 Å². The number of imide groups is 1. The zero-order valence-corrected chi connectivity index (χ0v) is 19.3. The van der Waals surface area contributed by atoms with E-state index in [-0.39, 0.29) is 23.2 Å². The van der Waals surface area contributed by atoms with Crippen molar-refractivity contribution in [3.05, 3.63) is 64.3 Å². The predicted octanol–water partition coefficient (Wildman–Crippen LogP) is 2.86. The van der Waals surface area contributed by atoms with E-state index < -0.39 is 29.8 Å². The van der Waals surface area contributed by atoms with Crippen LogP contribution in [0.3, 0.4) is 0 Å². The summed E-state index contributed by atoms with van der Waals surface area (Å²) in [6.07, 6.45) is 2.46. The van der Waals surface area contributed by atoms with E-state index in [4.69, 9.17) is 21.1 Å². The van der Waals surface area contributed by atoms with Crippen molar-refractivity contribution in [1.82, 2.24) is 10.3 Å². The molecule has 0 bridgehead atoms. The van der Waals surface area contributed by atoms with Crippen LogP contribution < -0.4 is 10.2 Å². The van der Waals surface area contributed by atoms with Crippen LogP contribution in [0.15, 0.2) is 42.6 Å². The molecule has 0 spiro atoms. The summed E-state index contributed by atoms with van der Waals surface area (Å²) in [5, 5.41) is 4.77. The van der Waals surface area contributed by atoms with Crippen molar-refractivity contribution in [1.29, 1.82) is 0 Å². The summed E-state index contributed by atoms with van der Waals surface area (Å²) < 4.78 is 9.44. The van der Waals surface area contributed by atoms with Gasteiger partial charge in [-0.15, -0.1) is 0 Å². The third-order valence-corrected chi connectivity index (χ3v) is 5.91. The number of carbonyl (C=O) groups excluding carboxylic acids is 4. The molecule has 34 heavy (non-hydrogen) atoms. The van der Waals surface area contributed by atoms with Crippen molar-refractivity contribution >= 4 is 51.9 Å². The van der Waals surface area contributed by atoms with Gasteiger partial charge < -0.3 is 19.8 Å². The Bertz CT molecular complexity index is 1270. The number of amides is 2. The van der Waals surface area contributed by atoms with Crippen molar-refractivity contribution in [2.24, 2.45) is 0 Å². The molecule has 2 N–H and O–H groups in total. The lowest BCUT2D eigenvalue weighted by Gasteiger charge is -2.17. The molecule has 0 radical (unpaired) electrons. The van der Waals surface area contributed by atoms with Gasteiger partial charge in [-0.25, -0.2) is 14.5 Å². The van der Waals surface area contributed by atoms with Gasteiger partial charge in [-0.3, -0.25) is 9.59 Å². The zero-order valence-electron chi connectivity index (χ0n) is 18.5. The molecule has 1 fully saturated rings. The number of anilines is 1. The fraction of sp³-hybridized carbons (Fsp3) is 0.250. The molecule has 10 heteroatoms. The lowest BCUT2D eigenvalue weighted by Crippen LogP contribution is -2.39. The number of aromatic amines is 1. The number of H-pyrrole nitrogens is 1. The van der Waals surface area contributed by atoms with Crippen molar-refractivity contribution in [3.8, 4) is 0 Å². The summed E-state index contributed by atoms with van der Waals surface area (Å²) in [4.78, 5) is 54.0. The molecule has 1 aliphatic rings. The van der Waals surface area contributed by atoms with Crippen molar-refractivity contribution < 1.29 is 28.7 Å². The molecule has 0 saturated carbocycles. The predicted molar refractivity (Wildman–Crippen MR) is 125 cm³/mol. The molecule has 1 aromatic heterocycles. The topological polar surface area (TPSA) is 118 Å². The molecule has 9 nitrogen and oxygen atoms in total. The minimum absolute atomic E-state index is 0.0235. The summed E-state index contributed by atoms with van der Waals surface area (Å²) >= 11 is 6.10. The minimum atomic E-state index is -0.732. The Kier molecular flexibility index (Phi) is 6.67. The number of benzene rings is 2. The second kappa shape index (κ2) is 9.66. The van der Waals surface area contributed by atoms with Crippen LogP contribution in [0.25, 0.3) is 10.9 Å². The van der Waals surface area contributed by atoms with Crippen LogP contribution in [0.1, 0.15) is 32.7 Å². The Morgan fingerprint density at radius 1 is 1.09 bits per heavy atom. The van der Waals surface area contributed by atoms with E-state index in [9.17, 15) is 19.2 Å². The number of hydrogen-bond acceptors (Lipinski definition) is 7. The van der Waals surface area contributed by atoms with Crippen LogP contribution in [-0.4, -0.2) is 55.5 Å². The summed E-state index contributed by atoms with van der Waals surface area (Å²) in [6.45, 7) is 0.451. The number of ether oxygens (including phenoxy) is 2. The fourth-order valence-corrected chi connectivity index (χ4v) is 4.18. The van der Waals surface area contributed by atoms with Gasteiger partial charge in [0.15, 0.2) is 0 Å². The minimum Gasteiger partial charge on any atom is -0.465 e. The maximum atomic E-state index is 13.1. The van der Waals surface area contributed by atoms with E-state index in [1.807, 2.05) is 18.3 Å². The average Bonchev–Trinajstić information content (AvgIpc) is 3.36. The molecule has 2 aromatic carbocycles. The smallest absolute Gasteiger partial charge is 0.337 e. The number of halogens is 1.